The van der Waals surface area contributed by atoms with Crippen LogP contribution in [-0.2, 0) is 9.53 Å². The predicted octanol–water partition coefficient (Wildman–Crippen LogP) is 2.88. The number of hydrogen-bond donors (Lipinski definition) is 2. The van der Waals surface area contributed by atoms with Crippen LogP contribution in [0.25, 0.3) is 10.9 Å². The predicted molar refractivity (Wildman–Crippen MR) is 163 cm³/mol. The minimum absolute atomic E-state index is 0.388. The number of nitrogens with zero attached hydrogens (tertiary/aromatic N) is 6. The molecule has 2 aromatic rings. The summed E-state index contributed by atoms with van der Waals surface area (Å²) in [6.07, 6.45) is -1.80. The van der Waals surface area contributed by atoms with E-state index in [-0.39, 0.29) is 0 Å². The molecule has 2 aliphatic heterocycles. The summed E-state index contributed by atoms with van der Waals surface area (Å²) in [5.74, 6) is 0.259. The van der Waals surface area contributed by atoms with Crippen molar-refractivity contribution in [3.05, 3.63) is 12.1 Å². The molecule has 1 aromatic heterocycles. The van der Waals surface area contributed by atoms with E-state index in [1.807, 2.05) is 26.2 Å². The van der Waals surface area contributed by atoms with Crippen molar-refractivity contribution in [1.29, 1.82) is 0 Å². The smallest absolute Gasteiger partial charge is 0.490 e. The van der Waals surface area contributed by atoms with Gasteiger partial charge in [0, 0.05) is 43.7 Å². The zero-order chi connectivity index (χ0) is 32.3. The second-order valence-electron chi connectivity index (χ2n) is 11.3. The van der Waals surface area contributed by atoms with Gasteiger partial charge >= 0.3 is 12.1 Å². The van der Waals surface area contributed by atoms with Crippen LogP contribution in [0.15, 0.2) is 12.1 Å². The Bertz CT molecular complexity index is 1200. The number of hydrogen-bond acceptors (Lipinski definition) is 11. The lowest BCUT2D eigenvalue weighted by atomic mass is 10.1. The van der Waals surface area contributed by atoms with Crippen molar-refractivity contribution in [2.24, 2.45) is 0 Å². The van der Waals surface area contributed by atoms with Crippen LogP contribution in [0.2, 0.25) is 0 Å². The second kappa shape index (κ2) is 16.8. The Labute approximate surface area is 257 Å². The van der Waals surface area contributed by atoms with E-state index in [9.17, 15) is 13.2 Å². The maximum atomic E-state index is 10.6. The fourth-order valence-electron chi connectivity index (χ4n) is 4.80. The number of aliphatic carboxylic acids is 1. The number of aromatic nitrogens is 2. The van der Waals surface area contributed by atoms with Crippen LogP contribution >= 0.6 is 0 Å². The number of ether oxygens (including phenoxy) is 3. The lowest BCUT2D eigenvalue weighted by molar-refractivity contribution is -0.192. The van der Waals surface area contributed by atoms with Gasteiger partial charge in [-0.1, -0.05) is 0 Å². The molecule has 0 spiro atoms. The van der Waals surface area contributed by atoms with E-state index >= 15 is 0 Å². The number of anilines is 2. The van der Waals surface area contributed by atoms with Crippen molar-refractivity contribution in [3.63, 3.8) is 0 Å². The van der Waals surface area contributed by atoms with E-state index in [1.54, 1.807) is 7.11 Å². The Morgan fingerprint density at radius 1 is 1.00 bits per heavy atom. The number of carboxylic acid groups (broad SMARTS) is 1. The van der Waals surface area contributed by atoms with E-state index in [4.69, 9.17) is 34.1 Å². The molecule has 0 atom stereocenters. The minimum Gasteiger partial charge on any atom is -0.493 e. The lowest BCUT2D eigenvalue weighted by Crippen LogP contribution is -2.37. The SMILES string of the molecule is COc1cc2c(NC3CCN(C)CC3)nc(N3CCCN(C)CC3)nc2cc1OCCOCCN(C)C.O=C(O)C(F)(F)F. The zero-order valence-electron chi connectivity index (χ0n) is 26.3. The van der Waals surface area contributed by atoms with E-state index in [0.29, 0.717) is 37.4 Å². The Hall–Kier alpha value is -3.14. The number of carbonyl (C=O) groups is 1. The number of benzene rings is 1. The van der Waals surface area contributed by atoms with Gasteiger partial charge in [-0.25, -0.2) is 9.78 Å². The summed E-state index contributed by atoms with van der Waals surface area (Å²) >= 11 is 0. The van der Waals surface area contributed by atoms with Crippen LogP contribution in [0.5, 0.6) is 11.5 Å². The first-order valence-corrected chi connectivity index (χ1v) is 14.8. The molecule has 0 radical (unpaired) electrons. The molecule has 2 fully saturated rings. The van der Waals surface area contributed by atoms with Gasteiger partial charge in [0.25, 0.3) is 0 Å². The third-order valence-corrected chi connectivity index (χ3v) is 7.44. The average Bonchev–Trinajstić information content (AvgIpc) is 3.19. The van der Waals surface area contributed by atoms with E-state index in [1.165, 1.54) is 0 Å². The normalized spacial score (nSPS) is 17.2. The first-order chi connectivity index (χ1) is 20.9. The number of alkyl halides is 3. The molecule has 2 aliphatic rings. The van der Waals surface area contributed by atoms with Crippen LogP contribution in [0.3, 0.4) is 0 Å². The fourth-order valence-corrected chi connectivity index (χ4v) is 4.80. The van der Waals surface area contributed by atoms with Gasteiger partial charge in [-0.3, -0.25) is 0 Å². The fraction of sp³-hybridized carbons (Fsp3) is 0.690. The van der Waals surface area contributed by atoms with Gasteiger partial charge in [-0.15, -0.1) is 0 Å². The molecule has 3 heterocycles. The molecule has 0 bridgehead atoms. The second-order valence-corrected chi connectivity index (χ2v) is 11.3. The highest BCUT2D eigenvalue weighted by Crippen LogP contribution is 2.36. The van der Waals surface area contributed by atoms with Crippen molar-refractivity contribution >= 4 is 28.6 Å². The van der Waals surface area contributed by atoms with Gasteiger partial charge in [-0.05, 0) is 73.2 Å². The summed E-state index contributed by atoms with van der Waals surface area (Å²) in [5, 5.41) is 11.8. The van der Waals surface area contributed by atoms with Crippen molar-refractivity contribution in [3.8, 4) is 11.5 Å². The lowest BCUT2D eigenvalue weighted by Gasteiger charge is -2.30. The maximum Gasteiger partial charge on any atom is 0.490 e. The first kappa shape index (κ1) is 35.3. The van der Waals surface area contributed by atoms with Gasteiger partial charge in [0.15, 0.2) is 11.5 Å². The highest BCUT2D eigenvalue weighted by Gasteiger charge is 2.38. The molecular formula is C29H46F3N7O5. The molecule has 12 nitrogen and oxygen atoms in total. The summed E-state index contributed by atoms with van der Waals surface area (Å²) < 4.78 is 49.2. The first-order valence-electron chi connectivity index (χ1n) is 14.8. The van der Waals surface area contributed by atoms with Crippen LogP contribution in [0.1, 0.15) is 19.3 Å². The highest BCUT2D eigenvalue weighted by molar-refractivity contribution is 5.93. The number of piperidine rings is 1. The molecule has 15 heteroatoms. The summed E-state index contributed by atoms with van der Waals surface area (Å²) in [4.78, 5) is 28.2. The van der Waals surface area contributed by atoms with Crippen LogP contribution in [-0.4, -0.2) is 149 Å². The number of methoxy groups -OCH3 is 1. The largest absolute Gasteiger partial charge is 0.493 e. The van der Waals surface area contributed by atoms with Gasteiger partial charge < -0.3 is 44.2 Å². The quantitative estimate of drug-likeness (QED) is 0.356. The molecule has 2 N–H and O–H groups in total. The number of nitrogens with one attached hydrogen (secondary N) is 1. The maximum absolute atomic E-state index is 10.6. The number of likely N-dealkylation sites (N-methyl/N-ethyl adjacent to an activating group) is 2. The Balaban J connectivity index is 0.000000676. The third-order valence-electron chi connectivity index (χ3n) is 7.44. The van der Waals surface area contributed by atoms with Crippen LogP contribution < -0.4 is 19.7 Å². The number of carboxylic acids is 1. The highest BCUT2D eigenvalue weighted by atomic mass is 19.4. The molecule has 0 amide bonds. The van der Waals surface area contributed by atoms with E-state index < -0.39 is 12.1 Å². The number of fused-ring (bicyclic) bond motifs is 1. The topological polar surface area (TPSA) is 116 Å². The van der Waals surface area contributed by atoms with Crippen LogP contribution in [0, 0.1) is 0 Å². The monoisotopic (exact) mass is 629 g/mol. The number of rotatable bonds is 11. The average molecular weight is 630 g/mol. The Morgan fingerprint density at radius 3 is 2.32 bits per heavy atom. The molecular weight excluding hydrogens is 583 g/mol. The standard InChI is InChI=1S/C27H45N7O3.C2HF3O2/c1-31(2)15-16-36-17-18-37-25-20-23-22(19-24(25)35-5)26(28-21-7-11-33(4)12-8-21)30-27(29-23)34-10-6-9-32(3)13-14-34;3-2(4,5)1(6)7/h19-21H,6-18H2,1-5H3,(H,28,29,30);(H,6,7). The molecule has 248 valence electrons. The van der Waals surface area contributed by atoms with Crippen molar-refractivity contribution in [2.75, 3.05) is 111 Å². The van der Waals surface area contributed by atoms with Crippen molar-refractivity contribution < 1.29 is 37.3 Å². The van der Waals surface area contributed by atoms with Gasteiger partial charge in [0.2, 0.25) is 5.95 Å². The van der Waals surface area contributed by atoms with Gasteiger partial charge in [0.1, 0.15) is 12.4 Å². The molecule has 44 heavy (non-hydrogen) atoms. The third kappa shape index (κ3) is 11.1. The summed E-state index contributed by atoms with van der Waals surface area (Å²) in [5.41, 5.74) is 0.863. The Kier molecular flexibility index (Phi) is 13.5. The van der Waals surface area contributed by atoms with E-state index in [2.05, 4.69) is 39.0 Å². The zero-order valence-corrected chi connectivity index (χ0v) is 26.3. The Morgan fingerprint density at radius 2 is 1.68 bits per heavy atom. The number of halogens is 3. The van der Waals surface area contributed by atoms with Crippen molar-refractivity contribution in [1.82, 2.24) is 24.7 Å². The molecule has 0 saturated carbocycles. The van der Waals surface area contributed by atoms with Crippen LogP contribution in [0.4, 0.5) is 24.9 Å². The van der Waals surface area contributed by atoms with Gasteiger partial charge in [-0.2, -0.15) is 18.2 Å². The van der Waals surface area contributed by atoms with E-state index in [0.717, 1.165) is 87.7 Å². The molecule has 0 unspecified atom stereocenters. The van der Waals surface area contributed by atoms with Gasteiger partial charge in [0.05, 0.1) is 25.8 Å². The molecule has 4 rings (SSSR count). The summed E-state index contributed by atoms with van der Waals surface area (Å²) in [6.45, 7) is 8.68. The molecule has 2 saturated heterocycles. The minimum atomic E-state index is -5.08. The molecule has 0 aliphatic carbocycles. The number of likely N-dealkylation sites (tertiary alicyclic amines) is 1. The summed E-state index contributed by atoms with van der Waals surface area (Å²) in [6, 6.07) is 4.39. The summed E-state index contributed by atoms with van der Waals surface area (Å²) in [7, 11) is 10.1. The van der Waals surface area contributed by atoms with Crippen molar-refractivity contribution in [2.45, 2.75) is 31.5 Å². The molecule has 1 aromatic carbocycles.